The lowest BCUT2D eigenvalue weighted by atomic mass is 9.84. The Morgan fingerprint density at radius 2 is 1.68 bits per heavy atom. The Morgan fingerprint density at radius 3 is 2.26 bits per heavy atom. The molecule has 1 heterocycles. The molecule has 3 rings (SSSR count). The summed E-state index contributed by atoms with van der Waals surface area (Å²) in [6.07, 6.45) is 0.626. The number of urea groups is 1. The predicted octanol–water partition coefficient (Wildman–Crippen LogP) is 3.76. The van der Waals surface area contributed by atoms with Crippen LogP contribution in [0, 0.1) is 0 Å². The number of halogens is 1. The molecule has 1 aliphatic rings. The van der Waals surface area contributed by atoms with Gasteiger partial charge in [-0.15, -0.1) is 0 Å². The van der Waals surface area contributed by atoms with Crippen LogP contribution < -0.4 is 10.6 Å². The van der Waals surface area contributed by atoms with Gasteiger partial charge < -0.3 is 10.6 Å². The third-order valence-corrected chi connectivity index (χ3v) is 5.81. The van der Waals surface area contributed by atoms with Crippen LogP contribution in [0.3, 0.4) is 0 Å². The lowest BCUT2D eigenvalue weighted by molar-refractivity contribution is -0.134. The van der Waals surface area contributed by atoms with Crippen molar-refractivity contribution in [2.45, 2.75) is 45.1 Å². The monoisotopic (exact) mass is 441 g/mol. The second-order valence-electron chi connectivity index (χ2n) is 9.00. The van der Waals surface area contributed by atoms with Crippen molar-refractivity contribution >= 4 is 29.4 Å². The molecule has 1 aliphatic heterocycles. The molecule has 0 spiro atoms. The largest absolute Gasteiger partial charge is 0.354 e. The zero-order chi connectivity index (χ0) is 22.8. The smallest absolute Gasteiger partial charge is 0.325 e. The van der Waals surface area contributed by atoms with Crippen LogP contribution in [0.15, 0.2) is 48.5 Å². The van der Waals surface area contributed by atoms with Crippen molar-refractivity contribution in [2.75, 3.05) is 13.1 Å². The molecule has 0 radical (unpaired) electrons. The second kappa shape index (κ2) is 8.71. The third-order valence-electron chi connectivity index (χ3n) is 5.55. The van der Waals surface area contributed by atoms with Crippen LogP contribution in [-0.4, -0.2) is 35.8 Å². The molecule has 1 unspecified atom stereocenters. The molecule has 1 atom stereocenters. The standard InChI is InChI=1S/C24H28ClN3O3/c1-23(2,3)17-7-9-18(10-8-17)24(4)21(30)28(22(31)27-24)15-20(29)26-14-13-16-5-11-19(25)12-6-16/h5-12H,13-15H2,1-4H3,(H,26,29)(H,27,31). The topological polar surface area (TPSA) is 78.5 Å². The van der Waals surface area contributed by atoms with Gasteiger partial charge in [0.2, 0.25) is 5.91 Å². The lowest BCUT2D eigenvalue weighted by Gasteiger charge is -2.24. The summed E-state index contributed by atoms with van der Waals surface area (Å²) < 4.78 is 0. The van der Waals surface area contributed by atoms with Crippen LogP contribution in [0.4, 0.5) is 4.79 Å². The summed E-state index contributed by atoms with van der Waals surface area (Å²) in [5.41, 5.74) is 1.64. The van der Waals surface area contributed by atoms with Crippen LogP contribution in [-0.2, 0) is 27.0 Å². The van der Waals surface area contributed by atoms with Crippen molar-refractivity contribution in [2.24, 2.45) is 0 Å². The maximum atomic E-state index is 13.0. The minimum atomic E-state index is -1.20. The molecule has 0 bridgehead atoms. The van der Waals surface area contributed by atoms with Gasteiger partial charge in [-0.1, -0.05) is 68.8 Å². The number of nitrogens with one attached hydrogen (secondary N) is 2. The summed E-state index contributed by atoms with van der Waals surface area (Å²) in [6.45, 7) is 8.08. The Hall–Kier alpha value is -2.86. The summed E-state index contributed by atoms with van der Waals surface area (Å²) >= 11 is 5.87. The zero-order valence-corrected chi connectivity index (χ0v) is 19.0. The van der Waals surface area contributed by atoms with Crippen molar-refractivity contribution in [1.82, 2.24) is 15.5 Å². The van der Waals surface area contributed by atoms with E-state index in [1.165, 1.54) is 0 Å². The number of carbonyl (C=O) groups is 3. The summed E-state index contributed by atoms with van der Waals surface area (Å²) in [5.74, 6) is -0.821. The molecule has 2 aromatic carbocycles. The Morgan fingerprint density at radius 1 is 1.06 bits per heavy atom. The van der Waals surface area contributed by atoms with Crippen LogP contribution in [0.1, 0.15) is 44.4 Å². The van der Waals surface area contributed by atoms with Gasteiger partial charge in [0, 0.05) is 11.6 Å². The number of amides is 4. The fraction of sp³-hybridized carbons (Fsp3) is 0.375. The Labute approximate surface area is 188 Å². The minimum absolute atomic E-state index is 0.0154. The van der Waals surface area contributed by atoms with Gasteiger partial charge in [-0.3, -0.25) is 14.5 Å². The van der Waals surface area contributed by atoms with E-state index >= 15 is 0 Å². The number of carbonyl (C=O) groups excluding carboxylic acids is 3. The highest BCUT2D eigenvalue weighted by Crippen LogP contribution is 2.31. The highest BCUT2D eigenvalue weighted by atomic mass is 35.5. The van der Waals surface area contributed by atoms with E-state index in [9.17, 15) is 14.4 Å². The first kappa shape index (κ1) is 22.8. The number of imide groups is 1. The number of rotatable bonds is 6. The highest BCUT2D eigenvalue weighted by Gasteiger charge is 2.49. The van der Waals surface area contributed by atoms with Crippen molar-refractivity contribution in [3.05, 3.63) is 70.2 Å². The zero-order valence-electron chi connectivity index (χ0n) is 18.3. The van der Waals surface area contributed by atoms with Crippen LogP contribution in [0.2, 0.25) is 5.02 Å². The SMILES string of the molecule is CC(C)(C)c1ccc(C2(C)NC(=O)N(CC(=O)NCCc3ccc(Cl)cc3)C2=O)cc1. The minimum Gasteiger partial charge on any atom is -0.354 e. The molecule has 2 aromatic rings. The predicted molar refractivity (Wildman–Crippen MR) is 121 cm³/mol. The van der Waals surface area contributed by atoms with Gasteiger partial charge in [-0.25, -0.2) is 4.79 Å². The van der Waals surface area contributed by atoms with Crippen molar-refractivity contribution in [1.29, 1.82) is 0 Å². The quantitative estimate of drug-likeness (QED) is 0.670. The molecule has 0 aromatic heterocycles. The fourth-order valence-corrected chi connectivity index (χ4v) is 3.66. The van der Waals surface area contributed by atoms with E-state index in [1.807, 2.05) is 36.4 Å². The molecule has 31 heavy (non-hydrogen) atoms. The Balaban J connectivity index is 1.61. The second-order valence-corrected chi connectivity index (χ2v) is 9.44. The number of hydrogen-bond acceptors (Lipinski definition) is 3. The molecule has 7 heteroatoms. The van der Waals surface area contributed by atoms with Gasteiger partial charge in [0.15, 0.2) is 0 Å². The highest BCUT2D eigenvalue weighted by molar-refractivity contribution is 6.30. The summed E-state index contributed by atoms with van der Waals surface area (Å²) in [7, 11) is 0. The summed E-state index contributed by atoms with van der Waals surface area (Å²) in [5, 5.41) is 6.16. The lowest BCUT2D eigenvalue weighted by Crippen LogP contribution is -2.43. The van der Waals surface area contributed by atoms with E-state index in [-0.39, 0.29) is 17.9 Å². The number of nitrogens with zero attached hydrogens (tertiary/aromatic N) is 1. The summed E-state index contributed by atoms with van der Waals surface area (Å²) in [6, 6.07) is 14.4. The molecule has 4 amide bonds. The first-order valence-corrected chi connectivity index (χ1v) is 10.6. The average Bonchev–Trinajstić information content (AvgIpc) is 2.93. The molecular formula is C24H28ClN3O3. The maximum Gasteiger partial charge on any atom is 0.325 e. The van der Waals surface area contributed by atoms with Gasteiger partial charge in [-0.05, 0) is 47.6 Å². The van der Waals surface area contributed by atoms with E-state index < -0.39 is 17.5 Å². The van der Waals surface area contributed by atoms with Gasteiger partial charge >= 0.3 is 6.03 Å². The molecule has 1 saturated heterocycles. The third kappa shape index (κ3) is 5.07. The Bertz CT molecular complexity index is 981. The Kier molecular flexibility index (Phi) is 6.41. The van der Waals surface area contributed by atoms with Crippen LogP contribution in [0.5, 0.6) is 0 Å². The van der Waals surface area contributed by atoms with Gasteiger partial charge in [0.05, 0.1) is 0 Å². The number of hydrogen-bond donors (Lipinski definition) is 2. The van der Waals surface area contributed by atoms with E-state index in [2.05, 4.69) is 31.4 Å². The first-order chi connectivity index (χ1) is 14.5. The molecule has 0 saturated carbocycles. The van der Waals surface area contributed by atoms with Crippen molar-refractivity contribution in [3.8, 4) is 0 Å². The van der Waals surface area contributed by atoms with E-state index in [1.54, 1.807) is 19.1 Å². The molecule has 2 N–H and O–H groups in total. The van der Waals surface area contributed by atoms with Crippen LogP contribution in [0.25, 0.3) is 0 Å². The molecule has 1 fully saturated rings. The van der Waals surface area contributed by atoms with E-state index in [0.717, 1.165) is 16.0 Å². The molecule has 6 nitrogen and oxygen atoms in total. The molecule has 164 valence electrons. The number of benzene rings is 2. The van der Waals surface area contributed by atoms with Crippen molar-refractivity contribution < 1.29 is 14.4 Å². The van der Waals surface area contributed by atoms with E-state index in [4.69, 9.17) is 11.6 Å². The van der Waals surface area contributed by atoms with Gasteiger partial charge in [-0.2, -0.15) is 0 Å². The summed E-state index contributed by atoms with van der Waals surface area (Å²) in [4.78, 5) is 38.8. The fourth-order valence-electron chi connectivity index (χ4n) is 3.54. The first-order valence-electron chi connectivity index (χ1n) is 10.3. The van der Waals surface area contributed by atoms with Crippen molar-refractivity contribution in [3.63, 3.8) is 0 Å². The molecular weight excluding hydrogens is 414 g/mol. The van der Waals surface area contributed by atoms with Crippen LogP contribution >= 0.6 is 11.6 Å². The molecule has 0 aliphatic carbocycles. The van der Waals surface area contributed by atoms with E-state index in [0.29, 0.717) is 23.6 Å². The average molecular weight is 442 g/mol. The normalized spacial score (nSPS) is 18.8. The van der Waals surface area contributed by atoms with Gasteiger partial charge in [0.25, 0.3) is 5.91 Å². The van der Waals surface area contributed by atoms with Gasteiger partial charge in [0.1, 0.15) is 12.1 Å². The maximum absolute atomic E-state index is 13.0.